The molecule has 7 nitrogen and oxygen atoms in total. The Morgan fingerprint density at radius 3 is 2.68 bits per heavy atom. The molecule has 9 heteroatoms. The fraction of sp³-hybridized carbons (Fsp3) is 0.409. The summed E-state index contributed by atoms with van der Waals surface area (Å²) in [5.74, 6) is 0.00746. The first kappa shape index (κ1) is 21.0. The van der Waals surface area contributed by atoms with Crippen molar-refractivity contribution < 1.29 is 18.3 Å². The van der Waals surface area contributed by atoms with E-state index in [4.69, 9.17) is 9.47 Å². The molecular formula is C22H23F2N5O2. The van der Waals surface area contributed by atoms with Crippen LogP contribution in [0.15, 0.2) is 51.9 Å². The van der Waals surface area contributed by atoms with E-state index in [9.17, 15) is 14.0 Å². The Kier molecular flexibility index (Phi) is 6.00. The van der Waals surface area contributed by atoms with Gasteiger partial charge in [-0.1, -0.05) is 0 Å². The van der Waals surface area contributed by atoms with Gasteiger partial charge in [0.05, 0.1) is 31.1 Å². The maximum atomic E-state index is 14.3. The molecule has 0 aliphatic carbocycles. The number of aliphatic imine (C=N–C) groups is 2. The van der Waals surface area contributed by atoms with Crippen LogP contribution in [0.5, 0.6) is 0 Å². The quantitative estimate of drug-likeness (QED) is 0.410. The number of amidine groups is 1. The minimum Gasteiger partial charge on any atom is -0.477 e. The van der Waals surface area contributed by atoms with Crippen molar-refractivity contribution in [2.75, 3.05) is 44.9 Å². The molecule has 1 aromatic rings. The van der Waals surface area contributed by atoms with Gasteiger partial charge in [0.2, 0.25) is 5.88 Å². The minimum absolute atomic E-state index is 0.173. The van der Waals surface area contributed by atoms with Crippen molar-refractivity contribution in [3.05, 3.63) is 53.6 Å². The lowest BCUT2D eigenvalue weighted by Gasteiger charge is -2.45. The van der Waals surface area contributed by atoms with E-state index in [2.05, 4.69) is 22.9 Å². The molecule has 4 rings (SSSR count). The molecule has 0 aromatic heterocycles. The molecule has 1 aromatic carbocycles. The van der Waals surface area contributed by atoms with Crippen LogP contribution >= 0.6 is 0 Å². The van der Waals surface area contributed by atoms with Crippen molar-refractivity contribution >= 4 is 18.2 Å². The highest BCUT2D eigenvalue weighted by atomic mass is 19.1. The van der Waals surface area contributed by atoms with E-state index in [0.29, 0.717) is 50.2 Å². The summed E-state index contributed by atoms with van der Waals surface area (Å²) in [6.45, 7) is 6.51. The number of hydrogen-bond acceptors (Lipinski definition) is 6. The maximum absolute atomic E-state index is 14.3. The molecule has 3 aliphatic rings. The summed E-state index contributed by atoms with van der Waals surface area (Å²) in [5.41, 5.74) is 0.740. The van der Waals surface area contributed by atoms with E-state index in [1.807, 2.05) is 0 Å². The fourth-order valence-electron chi connectivity index (χ4n) is 4.45. The number of ether oxygens (including phenoxy) is 2. The maximum Gasteiger partial charge on any atom is 0.223 e. The van der Waals surface area contributed by atoms with E-state index in [1.165, 1.54) is 17.0 Å². The van der Waals surface area contributed by atoms with Gasteiger partial charge in [-0.3, -0.25) is 9.89 Å². The summed E-state index contributed by atoms with van der Waals surface area (Å²) in [5, 5.41) is 9.24. The molecule has 3 aliphatic heterocycles. The van der Waals surface area contributed by atoms with Crippen molar-refractivity contribution in [2.45, 2.75) is 0 Å². The Hall–Kier alpha value is -3.25. The van der Waals surface area contributed by atoms with E-state index in [-0.39, 0.29) is 23.4 Å². The molecule has 2 unspecified atom stereocenters. The molecular weight excluding hydrogens is 404 g/mol. The second-order valence-corrected chi connectivity index (χ2v) is 7.74. The number of hydrogen-bond donors (Lipinski definition) is 0. The average Bonchev–Trinajstić information content (AvgIpc) is 3.17. The van der Waals surface area contributed by atoms with Crippen LogP contribution in [0.3, 0.4) is 0 Å². The van der Waals surface area contributed by atoms with Gasteiger partial charge in [0, 0.05) is 50.2 Å². The Balaban J connectivity index is 1.53. The number of fused-ring (bicyclic) bond motifs is 2. The van der Waals surface area contributed by atoms with Crippen molar-refractivity contribution in [1.29, 1.82) is 5.26 Å². The second-order valence-electron chi connectivity index (χ2n) is 7.74. The van der Waals surface area contributed by atoms with Gasteiger partial charge in [-0.15, -0.1) is 0 Å². The van der Waals surface area contributed by atoms with E-state index >= 15 is 0 Å². The first-order chi connectivity index (χ1) is 15.0. The highest BCUT2D eigenvalue weighted by molar-refractivity contribution is 6.15. The van der Waals surface area contributed by atoms with E-state index in [0.717, 1.165) is 6.07 Å². The van der Waals surface area contributed by atoms with Gasteiger partial charge in [-0.2, -0.15) is 5.26 Å². The third kappa shape index (κ3) is 4.03. The first-order valence-corrected chi connectivity index (χ1v) is 10.0. The van der Waals surface area contributed by atoms with Crippen LogP contribution in [0.2, 0.25) is 0 Å². The number of benzene rings is 1. The van der Waals surface area contributed by atoms with E-state index in [1.54, 1.807) is 24.2 Å². The van der Waals surface area contributed by atoms with Gasteiger partial charge >= 0.3 is 0 Å². The predicted octanol–water partition coefficient (Wildman–Crippen LogP) is 2.93. The Labute approximate surface area is 179 Å². The molecule has 2 bridgehead atoms. The van der Waals surface area contributed by atoms with Crippen LogP contribution in [-0.4, -0.2) is 57.4 Å². The van der Waals surface area contributed by atoms with Gasteiger partial charge in [0.25, 0.3) is 0 Å². The molecule has 162 valence electrons. The monoisotopic (exact) mass is 427 g/mol. The minimum atomic E-state index is -0.696. The standard InChI is InChI=1S/C22H23F2N5O2/c1-26-21-17(5-6-29(21)20-4-3-16(23)7-19(20)24)22(27-2)31-12-18-14-8-28(13-25)9-15(18)11-30-10-14/h3-7,14-15,18H,2,8-12H2,1H3. The fourth-order valence-corrected chi connectivity index (χ4v) is 4.45. The SMILES string of the molecule is C=NC(OCC1C2COCC1CN(C#N)C2)=C1C=CN(c2ccc(F)cc2F)C1=NC. The van der Waals surface area contributed by atoms with Gasteiger partial charge in [0.1, 0.15) is 17.5 Å². The zero-order valence-corrected chi connectivity index (χ0v) is 17.2. The molecule has 0 N–H and O–H groups in total. The molecule has 31 heavy (non-hydrogen) atoms. The second kappa shape index (κ2) is 8.86. The molecule has 2 saturated heterocycles. The molecule has 0 spiro atoms. The van der Waals surface area contributed by atoms with Crippen molar-refractivity contribution in [1.82, 2.24) is 4.90 Å². The molecule has 2 atom stereocenters. The first-order valence-electron chi connectivity index (χ1n) is 10.0. The smallest absolute Gasteiger partial charge is 0.223 e. The van der Waals surface area contributed by atoms with Gasteiger partial charge < -0.3 is 14.4 Å². The van der Waals surface area contributed by atoms with Crippen molar-refractivity contribution in [3.8, 4) is 6.19 Å². The number of rotatable bonds is 5. The Bertz CT molecular complexity index is 986. The largest absolute Gasteiger partial charge is 0.477 e. The summed E-state index contributed by atoms with van der Waals surface area (Å²) in [6, 6.07) is 3.38. The normalized spacial score (nSPS) is 27.9. The van der Waals surface area contributed by atoms with Crippen LogP contribution in [-0.2, 0) is 9.47 Å². The summed E-state index contributed by atoms with van der Waals surface area (Å²) in [4.78, 5) is 11.6. The lowest BCUT2D eigenvalue weighted by molar-refractivity contribution is -0.0897. The van der Waals surface area contributed by atoms with Gasteiger partial charge in [0.15, 0.2) is 6.19 Å². The lowest BCUT2D eigenvalue weighted by atomic mass is 9.77. The molecule has 3 heterocycles. The van der Waals surface area contributed by atoms with Crippen LogP contribution in [0.1, 0.15) is 0 Å². The molecule has 0 amide bonds. The highest BCUT2D eigenvalue weighted by Gasteiger charge is 2.41. The predicted molar refractivity (Wildman–Crippen MR) is 112 cm³/mol. The Morgan fingerprint density at radius 2 is 2.06 bits per heavy atom. The van der Waals surface area contributed by atoms with Crippen LogP contribution in [0.25, 0.3) is 0 Å². The average molecular weight is 427 g/mol. The lowest BCUT2D eigenvalue weighted by Crippen LogP contribution is -2.52. The number of nitriles is 1. The van der Waals surface area contributed by atoms with Crippen LogP contribution in [0.4, 0.5) is 14.5 Å². The highest BCUT2D eigenvalue weighted by Crippen LogP contribution is 2.35. The number of anilines is 1. The molecule has 0 saturated carbocycles. The summed E-state index contributed by atoms with van der Waals surface area (Å²) in [6.07, 6.45) is 5.59. The Morgan fingerprint density at radius 1 is 1.32 bits per heavy atom. The third-order valence-electron chi connectivity index (χ3n) is 5.95. The van der Waals surface area contributed by atoms with Crippen LogP contribution in [0, 0.1) is 40.8 Å². The number of likely N-dealkylation sites (tertiary alicyclic amines) is 1. The number of halogens is 2. The van der Waals surface area contributed by atoms with Crippen molar-refractivity contribution in [2.24, 2.45) is 27.7 Å². The van der Waals surface area contributed by atoms with Gasteiger partial charge in [-0.25, -0.2) is 13.8 Å². The summed E-state index contributed by atoms with van der Waals surface area (Å²) >= 11 is 0. The van der Waals surface area contributed by atoms with Crippen LogP contribution < -0.4 is 4.90 Å². The zero-order valence-electron chi connectivity index (χ0n) is 17.2. The topological polar surface area (TPSA) is 73.5 Å². The molecule has 2 fully saturated rings. The number of piperidine rings is 1. The zero-order chi connectivity index (χ0) is 22.0. The number of nitrogens with zero attached hydrogens (tertiary/aromatic N) is 5. The molecule has 0 radical (unpaired) electrons. The third-order valence-corrected chi connectivity index (χ3v) is 5.95. The van der Waals surface area contributed by atoms with Gasteiger partial charge in [-0.05, 0) is 24.9 Å². The summed E-state index contributed by atoms with van der Waals surface area (Å²) < 4.78 is 39.4. The summed E-state index contributed by atoms with van der Waals surface area (Å²) in [7, 11) is 1.58. The van der Waals surface area contributed by atoms with E-state index < -0.39 is 11.6 Å². The van der Waals surface area contributed by atoms with Crippen molar-refractivity contribution in [3.63, 3.8) is 0 Å².